The normalized spacial score (nSPS) is 14.0. The highest BCUT2D eigenvalue weighted by atomic mass is 31.2. The molecule has 0 radical (unpaired) electrons. The van der Waals surface area contributed by atoms with Crippen LogP contribution >= 0.6 is 7.82 Å². The Balaban J connectivity index is 5.42. The summed E-state index contributed by atoms with van der Waals surface area (Å²) in [6.45, 7) is 6.83. The second-order valence-corrected chi connectivity index (χ2v) is 21.1. The van der Waals surface area contributed by atoms with Crippen LogP contribution < -0.4 is 10.2 Å². The molecular formula is C54H105N2O7P. The van der Waals surface area contributed by atoms with Crippen LogP contribution in [0.4, 0.5) is 0 Å². The van der Waals surface area contributed by atoms with E-state index in [1.54, 1.807) is 0 Å². The molecule has 0 aliphatic heterocycles. The monoisotopic (exact) mass is 925 g/mol. The quantitative estimate of drug-likeness (QED) is 0.0212. The summed E-state index contributed by atoms with van der Waals surface area (Å²) in [5.74, 6) is -0.551. The number of carbonyl (C=O) groups is 2. The first-order chi connectivity index (χ1) is 30.9. The van der Waals surface area contributed by atoms with Gasteiger partial charge < -0.3 is 28.5 Å². The number of phosphoric acid groups is 1. The van der Waals surface area contributed by atoms with E-state index in [-0.39, 0.29) is 31.5 Å². The highest BCUT2D eigenvalue weighted by molar-refractivity contribution is 7.45. The fourth-order valence-corrected chi connectivity index (χ4v) is 8.59. The second-order valence-electron chi connectivity index (χ2n) is 19.7. The van der Waals surface area contributed by atoms with Crippen molar-refractivity contribution in [2.75, 3.05) is 40.9 Å². The molecule has 0 aromatic carbocycles. The lowest BCUT2D eigenvalue weighted by atomic mass is 10.0. The summed E-state index contributed by atoms with van der Waals surface area (Å²) in [6.07, 6.45) is 49.9. The third kappa shape index (κ3) is 45.6. The van der Waals surface area contributed by atoms with E-state index in [4.69, 9.17) is 13.8 Å². The van der Waals surface area contributed by atoms with Crippen molar-refractivity contribution in [2.45, 2.75) is 270 Å². The highest BCUT2D eigenvalue weighted by Gasteiger charge is 2.27. The van der Waals surface area contributed by atoms with Gasteiger partial charge in [0.15, 0.2) is 0 Å². The van der Waals surface area contributed by atoms with Crippen molar-refractivity contribution in [3.63, 3.8) is 0 Å². The molecule has 9 nitrogen and oxygen atoms in total. The van der Waals surface area contributed by atoms with Gasteiger partial charge in [-0.25, -0.2) is 0 Å². The first-order valence-electron chi connectivity index (χ1n) is 27.1. The van der Waals surface area contributed by atoms with Gasteiger partial charge in [0.05, 0.1) is 33.8 Å². The molecule has 0 heterocycles. The SMILES string of the molecule is CCCCCCCC/C=C\CCCCCC(=O)NC(COP(=O)([O-])OCC[N+](C)(C)C)C(/C=C/CCCCCCCCCCCC)OC(=O)CCCCCCCCCCCCCCC. The summed E-state index contributed by atoms with van der Waals surface area (Å²) in [5.41, 5.74) is 0. The molecule has 0 rings (SSSR count). The maximum absolute atomic E-state index is 13.4. The van der Waals surface area contributed by atoms with Gasteiger partial charge >= 0.3 is 5.97 Å². The van der Waals surface area contributed by atoms with Crippen LogP contribution in [0.1, 0.15) is 258 Å². The zero-order chi connectivity index (χ0) is 47.3. The summed E-state index contributed by atoms with van der Waals surface area (Å²) < 4.78 is 30.1. The maximum atomic E-state index is 13.4. The minimum absolute atomic E-state index is 0.0220. The molecular weight excluding hydrogens is 820 g/mol. The van der Waals surface area contributed by atoms with Crippen LogP contribution in [0.25, 0.3) is 0 Å². The summed E-state index contributed by atoms with van der Waals surface area (Å²) in [4.78, 5) is 39.7. The van der Waals surface area contributed by atoms with Crippen molar-refractivity contribution in [3.05, 3.63) is 24.3 Å². The van der Waals surface area contributed by atoms with Gasteiger partial charge in [0.25, 0.3) is 7.82 Å². The topological polar surface area (TPSA) is 114 Å². The minimum Gasteiger partial charge on any atom is -0.756 e. The number of amides is 1. The van der Waals surface area contributed by atoms with Crippen molar-refractivity contribution >= 4 is 19.7 Å². The van der Waals surface area contributed by atoms with Crippen LogP contribution in [-0.2, 0) is 27.9 Å². The molecule has 0 saturated heterocycles. The predicted octanol–water partition coefficient (Wildman–Crippen LogP) is 15.2. The average molecular weight is 925 g/mol. The molecule has 0 aliphatic rings. The summed E-state index contributed by atoms with van der Waals surface area (Å²) >= 11 is 0. The van der Waals surface area contributed by atoms with Gasteiger partial charge in [0.2, 0.25) is 5.91 Å². The molecule has 1 N–H and O–H groups in total. The van der Waals surface area contributed by atoms with E-state index in [1.807, 2.05) is 33.3 Å². The molecule has 0 bridgehead atoms. The van der Waals surface area contributed by atoms with Crippen LogP contribution in [0.3, 0.4) is 0 Å². The number of ether oxygens (including phenoxy) is 1. The number of quaternary nitrogens is 1. The first kappa shape index (κ1) is 62.5. The second kappa shape index (κ2) is 45.3. The number of nitrogens with one attached hydrogen (secondary N) is 1. The summed E-state index contributed by atoms with van der Waals surface area (Å²) in [5, 5.41) is 3.00. The van der Waals surface area contributed by atoms with Gasteiger partial charge in [0, 0.05) is 12.8 Å². The Bertz CT molecular complexity index is 1160. The lowest BCUT2D eigenvalue weighted by Gasteiger charge is -2.30. The number of unbranched alkanes of at least 4 members (excludes halogenated alkanes) is 31. The van der Waals surface area contributed by atoms with Crippen molar-refractivity contribution < 1.29 is 37.3 Å². The molecule has 10 heteroatoms. The third-order valence-corrected chi connectivity index (χ3v) is 13.1. The highest BCUT2D eigenvalue weighted by Crippen LogP contribution is 2.38. The van der Waals surface area contributed by atoms with E-state index in [9.17, 15) is 19.0 Å². The Labute approximate surface area is 396 Å². The number of phosphoric ester groups is 1. The summed E-state index contributed by atoms with van der Waals surface area (Å²) in [6, 6.07) is -0.888. The minimum atomic E-state index is -4.69. The van der Waals surface area contributed by atoms with E-state index in [2.05, 4.69) is 38.2 Å². The molecule has 0 saturated carbocycles. The van der Waals surface area contributed by atoms with Gasteiger partial charge in [0.1, 0.15) is 19.3 Å². The maximum Gasteiger partial charge on any atom is 0.306 e. The molecule has 0 aliphatic carbocycles. The van der Waals surface area contributed by atoms with Gasteiger partial charge in [-0.15, -0.1) is 0 Å². The van der Waals surface area contributed by atoms with Crippen molar-refractivity contribution in [1.82, 2.24) is 5.32 Å². The zero-order valence-corrected chi connectivity index (χ0v) is 43.9. The van der Waals surface area contributed by atoms with Crippen LogP contribution in [-0.4, -0.2) is 69.4 Å². The average Bonchev–Trinajstić information content (AvgIpc) is 3.25. The van der Waals surface area contributed by atoms with E-state index in [0.29, 0.717) is 17.4 Å². The number of hydrogen-bond donors (Lipinski definition) is 1. The van der Waals surface area contributed by atoms with Crippen LogP contribution in [0.5, 0.6) is 0 Å². The van der Waals surface area contributed by atoms with E-state index < -0.39 is 20.0 Å². The molecule has 0 fully saturated rings. The lowest BCUT2D eigenvalue weighted by Crippen LogP contribution is -2.47. The molecule has 0 aromatic heterocycles. The van der Waals surface area contributed by atoms with E-state index in [1.165, 1.54) is 154 Å². The smallest absolute Gasteiger partial charge is 0.306 e. The largest absolute Gasteiger partial charge is 0.756 e. The van der Waals surface area contributed by atoms with E-state index >= 15 is 0 Å². The Kier molecular flexibility index (Phi) is 44.2. The Morgan fingerprint density at radius 2 is 0.906 bits per heavy atom. The van der Waals surface area contributed by atoms with Crippen LogP contribution in [0.15, 0.2) is 24.3 Å². The fourth-order valence-electron chi connectivity index (χ4n) is 7.87. The Morgan fingerprint density at radius 1 is 0.531 bits per heavy atom. The van der Waals surface area contributed by atoms with Crippen molar-refractivity contribution in [3.8, 4) is 0 Å². The standard InChI is InChI=1S/C54H105N2O7P/c1-7-10-13-16-19-22-25-28-31-34-37-40-43-46-53(57)55-51(50-62-64(59,60)61-49-48-56(4,5)6)52(45-42-39-36-33-30-27-24-21-18-15-12-9-3)63-54(58)47-44-41-38-35-32-29-26-23-20-17-14-11-8-2/h28,31,42,45,51-52H,7-27,29-30,32-41,43-44,46-50H2,1-6H3,(H-,55,57,59,60)/b31-28-,45-42+. The predicted molar refractivity (Wildman–Crippen MR) is 270 cm³/mol. The number of rotatable bonds is 49. The molecule has 0 spiro atoms. The zero-order valence-electron chi connectivity index (χ0n) is 43.0. The third-order valence-electron chi connectivity index (χ3n) is 12.1. The lowest BCUT2D eigenvalue weighted by molar-refractivity contribution is -0.870. The molecule has 0 aromatic rings. The van der Waals surface area contributed by atoms with Crippen molar-refractivity contribution in [1.29, 1.82) is 0 Å². The number of carbonyl (C=O) groups excluding carboxylic acids is 2. The number of nitrogens with zero attached hydrogens (tertiary/aromatic N) is 1. The summed E-state index contributed by atoms with van der Waals surface area (Å²) in [7, 11) is 1.18. The Morgan fingerprint density at radius 3 is 1.34 bits per heavy atom. The van der Waals surface area contributed by atoms with Crippen LogP contribution in [0, 0.1) is 0 Å². The molecule has 3 atom stereocenters. The molecule has 1 amide bonds. The van der Waals surface area contributed by atoms with Gasteiger partial charge in [-0.1, -0.05) is 212 Å². The van der Waals surface area contributed by atoms with Crippen molar-refractivity contribution in [2.24, 2.45) is 0 Å². The number of likely N-dealkylation sites (N-methyl/N-ethyl adjacent to an activating group) is 1. The van der Waals surface area contributed by atoms with E-state index in [0.717, 1.165) is 70.6 Å². The number of allylic oxidation sites excluding steroid dienone is 3. The Hall–Kier alpha value is -1.51. The fraction of sp³-hybridized carbons (Fsp3) is 0.889. The van der Waals surface area contributed by atoms with Gasteiger partial charge in [-0.05, 0) is 57.4 Å². The van der Waals surface area contributed by atoms with Crippen LogP contribution in [0.2, 0.25) is 0 Å². The molecule has 3 unspecified atom stereocenters. The van der Waals surface area contributed by atoms with Gasteiger partial charge in [-0.3, -0.25) is 14.2 Å². The number of esters is 1. The molecule has 64 heavy (non-hydrogen) atoms. The molecule has 378 valence electrons. The first-order valence-corrected chi connectivity index (χ1v) is 28.6. The van der Waals surface area contributed by atoms with Gasteiger partial charge in [-0.2, -0.15) is 0 Å². The number of hydrogen-bond acceptors (Lipinski definition) is 7.